The van der Waals surface area contributed by atoms with E-state index < -0.39 is 11.8 Å². The maximum atomic E-state index is 12.4. The van der Waals surface area contributed by atoms with Crippen molar-refractivity contribution in [2.24, 2.45) is 0 Å². The molecule has 1 aromatic carbocycles. The van der Waals surface area contributed by atoms with Gasteiger partial charge in [0.25, 0.3) is 0 Å². The fraction of sp³-hybridized carbons (Fsp3) is 0.444. The number of hydrogen-bond acceptors (Lipinski definition) is 5. The van der Waals surface area contributed by atoms with Crippen LogP contribution in [0.3, 0.4) is 0 Å². The lowest BCUT2D eigenvalue weighted by Crippen LogP contribution is -2.47. The molecule has 2 unspecified atom stereocenters. The Morgan fingerprint density at radius 2 is 2.00 bits per heavy atom. The number of ketones is 1. The Kier molecular flexibility index (Phi) is 3.98. The lowest BCUT2D eigenvalue weighted by molar-refractivity contribution is -0.222. The smallest absolute Gasteiger partial charge is 0.379 e. The first-order chi connectivity index (χ1) is 10.9. The van der Waals surface area contributed by atoms with Crippen LogP contribution in [-0.2, 0) is 19.1 Å². The summed E-state index contributed by atoms with van der Waals surface area (Å²) >= 11 is 0. The molecule has 0 amide bonds. The predicted molar refractivity (Wildman–Crippen MR) is 82.5 cm³/mol. The van der Waals surface area contributed by atoms with Crippen LogP contribution in [0.4, 0.5) is 0 Å². The van der Waals surface area contributed by atoms with Gasteiger partial charge in [0.1, 0.15) is 5.76 Å². The lowest BCUT2D eigenvalue weighted by atomic mass is 9.77. The van der Waals surface area contributed by atoms with Crippen LogP contribution in [0.15, 0.2) is 35.6 Å². The number of ether oxygens (including phenoxy) is 2. The highest BCUT2D eigenvalue weighted by Gasteiger charge is 2.50. The van der Waals surface area contributed by atoms with Crippen LogP contribution in [0.1, 0.15) is 42.7 Å². The summed E-state index contributed by atoms with van der Waals surface area (Å²) in [4.78, 5) is 24.4. The lowest BCUT2D eigenvalue weighted by Gasteiger charge is -2.39. The third-order valence-corrected chi connectivity index (χ3v) is 4.51. The summed E-state index contributed by atoms with van der Waals surface area (Å²) in [6.45, 7) is 1.98. The number of methoxy groups -OCH3 is 1. The van der Waals surface area contributed by atoms with Crippen LogP contribution in [0.2, 0.25) is 0 Å². The Morgan fingerprint density at radius 1 is 1.30 bits per heavy atom. The van der Waals surface area contributed by atoms with E-state index in [1.165, 1.54) is 7.11 Å². The Labute approximate surface area is 134 Å². The van der Waals surface area contributed by atoms with Gasteiger partial charge in [-0.25, -0.2) is 4.79 Å². The molecule has 122 valence electrons. The number of carbonyl (C=O) groups excluding carboxylic acids is 2. The largest absolute Gasteiger partial charge is 0.464 e. The van der Waals surface area contributed by atoms with Crippen molar-refractivity contribution < 1.29 is 24.2 Å². The second kappa shape index (κ2) is 5.81. The third kappa shape index (κ3) is 2.77. The quantitative estimate of drug-likeness (QED) is 0.848. The zero-order chi connectivity index (χ0) is 16.6. The van der Waals surface area contributed by atoms with Crippen LogP contribution in [-0.4, -0.2) is 29.8 Å². The summed E-state index contributed by atoms with van der Waals surface area (Å²) in [7, 11) is 1.21. The Morgan fingerprint density at radius 3 is 2.65 bits per heavy atom. The first-order valence-electron chi connectivity index (χ1n) is 7.77. The summed E-state index contributed by atoms with van der Waals surface area (Å²) in [5.74, 6) is -2.79. The molecule has 3 rings (SSSR count). The number of hydrogen-bond donors (Lipinski definition) is 1. The van der Waals surface area contributed by atoms with Gasteiger partial charge in [-0.3, -0.25) is 4.79 Å². The zero-order valence-electron chi connectivity index (χ0n) is 13.3. The molecule has 0 saturated carbocycles. The fourth-order valence-corrected chi connectivity index (χ4v) is 3.32. The Hall–Kier alpha value is -2.14. The van der Waals surface area contributed by atoms with Crippen molar-refractivity contribution in [3.8, 4) is 0 Å². The molecule has 0 spiro atoms. The second-order valence-corrected chi connectivity index (χ2v) is 6.16. The predicted octanol–water partition coefficient (Wildman–Crippen LogP) is 2.37. The Bertz CT molecular complexity index is 673. The molecule has 1 aromatic rings. The molecule has 23 heavy (non-hydrogen) atoms. The highest BCUT2D eigenvalue weighted by atomic mass is 16.7. The average molecular weight is 316 g/mol. The maximum absolute atomic E-state index is 12.4. The molecule has 1 aliphatic carbocycles. The molecule has 2 aliphatic rings. The number of rotatable bonds is 2. The van der Waals surface area contributed by atoms with Gasteiger partial charge in [-0.05, 0) is 18.9 Å². The van der Waals surface area contributed by atoms with E-state index in [1.807, 2.05) is 31.2 Å². The Balaban J connectivity index is 2.08. The van der Waals surface area contributed by atoms with E-state index in [-0.39, 0.29) is 18.1 Å². The highest BCUT2D eigenvalue weighted by molar-refractivity contribution is 5.98. The minimum absolute atomic E-state index is 0.0205. The summed E-state index contributed by atoms with van der Waals surface area (Å²) in [6, 6.07) is 7.76. The van der Waals surface area contributed by atoms with Gasteiger partial charge >= 0.3 is 11.8 Å². The SMILES string of the molecule is COC(=O)C1(O)CC(c2ccc(C)cc2)C2=C(CCCC2=O)O1. The number of aliphatic hydroxyl groups is 1. The van der Waals surface area contributed by atoms with Gasteiger partial charge in [-0.1, -0.05) is 29.8 Å². The normalized spacial score (nSPS) is 27.3. The van der Waals surface area contributed by atoms with E-state index in [2.05, 4.69) is 4.74 Å². The molecule has 0 bridgehead atoms. The van der Waals surface area contributed by atoms with E-state index in [0.29, 0.717) is 30.6 Å². The van der Waals surface area contributed by atoms with Crippen LogP contribution in [0.5, 0.6) is 0 Å². The maximum Gasteiger partial charge on any atom is 0.379 e. The van der Waals surface area contributed by atoms with Crippen molar-refractivity contribution in [2.75, 3.05) is 7.11 Å². The van der Waals surface area contributed by atoms with Crippen molar-refractivity contribution >= 4 is 11.8 Å². The van der Waals surface area contributed by atoms with Crippen molar-refractivity contribution in [1.29, 1.82) is 0 Å². The number of carbonyl (C=O) groups is 2. The van der Waals surface area contributed by atoms with Gasteiger partial charge in [0.05, 0.1) is 7.11 Å². The van der Waals surface area contributed by atoms with E-state index in [0.717, 1.165) is 11.1 Å². The van der Waals surface area contributed by atoms with Crippen molar-refractivity contribution in [3.63, 3.8) is 0 Å². The molecule has 1 N–H and O–H groups in total. The van der Waals surface area contributed by atoms with E-state index in [1.54, 1.807) is 0 Å². The van der Waals surface area contributed by atoms with Crippen molar-refractivity contribution in [2.45, 2.75) is 44.3 Å². The standard InChI is InChI=1S/C18H20O5/c1-11-6-8-12(9-7-11)13-10-18(21,17(20)22-2)23-15-5-3-4-14(19)16(13)15/h6-9,13,21H,3-5,10H2,1-2H3. The zero-order valence-corrected chi connectivity index (χ0v) is 13.3. The molecule has 1 heterocycles. The highest BCUT2D eigenvalue weighted by Crippen LogP contribution is 2.45. The minimum atomic E-state index is -2.04. The van der Waals surface area contributed by atoms with Crippen LogP contribution in [0.25, 0.3) is 0 Å². The number of benzene rings is 1. The molecule has 0 saturated heterocycles. The molecule has 5 nitrogen and oxygen atoms in total. The number of esters is 1. The molecule has 0 radical (unpaired) electrons. The van der Waals surface area contributed by atoms with Gasteiger partial charge in [-0.2, -0.15) is 0 Å². The third-order valence-electron chi connectivity index (χ3n) is 4.51. The summed E-state index contributed by atoms with van der Waals surface area (Å²) in [5.41, 5.74) is 2.59. The van der Waals surface area contributed by atoms with Gasteiger partial charge in [0.15, 0.2) is 5.78 Å². The van der Waals surface area contributed by atoms with E-state index >= 15 is 0 Å². The summed E-state index contributed by atoms with van der Waals surface area (Å²) in [5, 5.41) is 10.6. The molecule has 2 atom stereocenters. The van der Waals surface area contributed by atoms with Gasteiger partial charge < -0.3 is 14.6 Å². The van der Waals surface area contributed by atoms with Crippen molar-refractivity contribution in [3.05, 3.63) is 46.7 Å². The molecule has 1 aliphatic heterocycles. The fourth-order valence-electron chi connectivity index (χ4n) is 3.32. The number of Topliss-reactive ketones (excluding diaryl/α,β-unsaturated/α-hetero) is 1. The summed E-state index contributed by atoms with van der Waals surface area (Å²) < 4.78 is 10.2. The first-order valence-corrected chi connectivity index (χ1v) is 7.77. The average Bonchev–Trinajstić information content (AvgIpc) is 2.54. The van der Waals surface area contributed by atoms with E-state index in [4.69, 9.17) is 4.74 Å². The van der Waals surface area contributed by atoms with Crippen molar-refractivity contribution in [1.82, 2.24) is 0 Å². The van der Waals surface area contributed by atoms with Crippen LogP contribution >= 0.6 is 0 Å². The van der Waals surface area contributed by atoms with Crippen LogP contribution < -0.4 is 0 Å². The minimum Gasteiger partial charge on any atom is -0.464 e. The van der Waals surface area contributed by atoms with Gasteiger partial charge in [0, 0.05) is 30.8 Å². The second-order valence-electron chi connectivity index (χ2n) is 6.16. The van der Waals surface area contributed by atoms with E-state index in [9.17, 15) is 14.7 Å². The number of aryl methyl sites for hydroxylation is 1. The monoisotopic (exact) mass is 316 g/mol. The topological polar surface area (TPSA) is 72.8 Å². The summed E-state index contributed by atoms with van der Waals surface area (Å²) in [6.07, 6.45) is 1.66. The molecular weight excluding hydrogens is 296 g/mol. The first kappa shape index (κ1) is 15.7. The molecule has 0 fully saturated rings. The number of allylic oxidation sites excluding steroid dienone is 2. The van der Waals surface area contributed by atoms with Gasteiger partial charge in [-0.15, -0.1) is 0 Å². The molecular formula is C18H20O5. The van der Waals surface area contributed by atoms with Crippen LogP contribution in [0, 0.1) is 6.92 Å². The molecule has 5 heteroatoms. The van der Waals surface area contributed by atoms with Gasteiger partial charge in [0.2, 0.25) is 0 Å². The molecule has 0 aromatic heterocycles.